The summed E-state index contributed by atoms with van der Waals surface area (Å²) < 4.78 is 31.9. The van der Waals surface area contributed by atoms with Crippen LogP contribution in [0.1, 0.15) is 25.7 Å². The average Bonchev–Trinajstić information content (AvgIpc) is 3.15. The maximum atomic E-state index is 13.4. The van der Waals surface area contributed by atoms with Crippen LogP contribution < -0.4 is 10.1 Å². The lowest BCUT2D eigenvalue weighted by molar-refractivity contribution is 0.167. The largest absolute Gasteiger partial charge is 0.483 e. The van der Waals surface area contributed by atoms with Crippen LogP contribution in [0.15, 0.2) is 18.2 Å². The molecule has 0 spiro atoms. The average molecular weight is 239 g/mol. The minimum atomic E-state index is -0.623. The summed E-state index contributed by atoms with van der Waals surface area (Å²) in [6, 6.07) is 4.07. The van der Waals surface area contributed by atoms with E-state index in [1.165, 1.54) is 25.0 Å². The van der Waals surface area contributed by atoms with Gasteiger partial charge in [-0.25, -0.2) is 8.78 Å². The van der Waals surface area contributed by atoms with Crippen LogP contribution >= 0.6 is 0 Å². The highest BCUT2D eigenvalue weighted by Gasteiger charge is 2.46. The Morgan fingerprint density at radius 2 is 2.06 bits per heavy atom. The van der Waals surface area contributed by atoms with Crippen LogP contribution in [0.5, 0.6) is 5.75 Å². The van der Waals surface area contributed by atoms with Gasteiger partial charge < -0.3 is 10.1 Å². The van der Waals surface area contributed by atoms with Gasteiger partial charge in [0.15, 0.2) is 11.6 Å². The fourth-order valence-corrected chi connectivity index (χ4v) is 1.86. The molecule has 2 saturated carbocycles. The van der Waals surface area contributed by atoms with Crippen molar-refractivity contribution in [3.63, 3.8) is 0 Å². The molecule has 2 aliphatic carbocycles. The van der Waals surface area contributed by atoms with E-state index in [1.807, 2.05) is 0 Å². The van der Waals surface area contributed by atoms with Crippen molar-refractivity contribution >= 4 is 0 Å². The smallest absolute Gasteiger partial charge is 0.168 e. The van der Waals surface area contributed by atoms with Gasteiger partial charge in [0.05, 0.1) is 0 Å². The summed E-state index contributed by atoms with van der Waals surface area (Å²) in [7, 11) is 0. The van der Waals surface area contributed by atoms with Crippen molar-refractivity contribution in [2.24, 2.45) is 0 Å². The summed E-state index contributed by atoms with van der Waals surface area (Å²) in [5.41, 5.74) is -0.263. The number of ether oxygens (including phenoxy) is 1. The highest BCUT2D eigenvalue weighted by Crippen LogP contribution is 2.41. The first-order valence-electron chi connectivity index (χ1n) is 6.04. The molecule has 2 aliphatic rings. The number of benzene rings is 1. The maximum Gasteiger partial charge on any atom is 0.168 e. The first kappa shape index (κ1) is 11.0. The van der Waals surface area contributed by atoms with Crippen molar-refractivity contribution in [3.8, 4) is 5.75 Å². The molecular weight excluding hydrogens is 224 g/mol. The number of rotatable bonds is 5. The van der Waals surface area contributed by atoms with E-state index in [0.29, 0.717) is 6.04 Å². The number of nitrogens with one attached hydrogen (secondary N) is 1. The van der Waals surface area contributed by atoms with Gasteiger partial charge in [-0.2, -0.15) is 0 Å². The van der Waals surface area contributed by atoms with Crippen LogP contribution in [0, 0.1) is 11.6 Å². The highest BCUT2D eigenvalue weighted by molar-refractivity contribution is 5.26. The fourth-order valence-electron chi connectivity index (χ4n) is 1.86. The van der Waals surface area contributed by atoms with E-state index in [9.17, 15) is 8.78 Å². The van der Waals surface area contributed by atoms with Crippen LogP contribution in [0.4, 0.5) is 8.78 Å². The summed E-state index contributed by atoms with van der Waals surface area (Å²) in [5.74, 6) is -1.04. The van der Waals surface area contributed by atoms with Gasteiger partial charge in [-0.1, -0.05) is 0 Å². The van der Waals surface area contributed by atoms with E-state index in [1.54, 1.807) is 0 Å². The Morgan fingerprint density at radius 3 is 2.65 bits per heavy atom. The molecule has 17 heavy (non-hydrogen) atoms. The third-order valence-electron chi connectivity index (χ3n) is 3.32. The van der Waals surface area contributed by atoms with Gasteiger partial charge in [-0.15, -0.1) is 0 Å². The predicted octanol–water partition coefficient (Wildman–Crippen LogP) is 2.63. The van der Waals surface area contributed by atoms with Gasteiger partial charge in [-0.05, 0) is 37.8 Å². The molecule has 0 aliphatic heterocycles. The second-order valence-corrected chi connectivity index (χ2v) is 5.01. The Bertz CT molecular complexity index is 427. The third-order valence-corrected chi connectivity index (χ3v) is 3.32. The molecule has 0 aromatic heterocycles. The van der Waals surface area contributed by atoms with Gasteiger partial charge in [0.25, 0.3) is 0 Å². The molecule has 1 aromatic rings. The summed E-state index contributed by atoms with van der Waals surface area (Å²) in [6.07, 6.45) is 4.31. The Labute approximate surface area is 99.0 Å². The lowest BCUT2D eigenvalue weighted by Crippen LogP contribution is -2.34. The van der Waals surface area contributed by atoms with Crippen molar-refractivity contribution in [1.29, 1.82) is 0 Å². The Balaban J connectivity index is 1.64. The molecule has 4 heteroatoms. The Morgan fingerprint density at radius 1 is 1.29 bits per heavy atom. The summed E-state index contributed by atoms with van der Waals surface area (Å²) in [4.78, 5) is 0. The monoisotopic (exact) mass is 239 g/mol. The maximum absolute atomic E-state index is 13.4. The number of hydrogen-bond donors (Lipinski definition) is 1. The quantitative estimate of drug-likeness (QED) is 0.852. The van der Waals surface area contributed by atoms with Gasteiger partial charge in [-0.3, -0.25) is 0 Å². The molecule has 0 unspecified atom stereocenters. The molecule has 2 nitrogen and oxygen atoms in total. The summed E-state index contributed by atoms with van der Waals surface area (Å²) in [6.45, 7) is 0.758. The molecule has 1 aromatic carbocycles. The van der Waals surface area contributed by atoms with Gasteiger partial charge in [0.2, 0.25) is 0 Å². The van der Waals surface area contributed by atoms with Crippen LogP contribution in [0.2, 0.25) is 0 Å². The zero-order valence-electron chi connectivity index (χ0n) is 9.51. The zero-order valence-corrected chi connectivity index (χ0v) is 9.51. The topological polar surface area (TPSA) is 21.3 Å². The second kappa shape index (κ2) is 3.95. The van der Waals surface area contributed by atoms with E-state index in [2.05, 4.69) is 5.32 Å². The Kier molecular flexibility index (Phi) is 2.54. The third kappa shape index (κ3) is 2.57. The number of hydrogen-bond acceptors (Lipinski definition) is 2. The highest BCUT2D eigenvalue weighted by atomic mass is 19.1. The van der Waals surface area contributed by atoms with Crippen LogP contribution in [0.3, 0.4) is 0 Å². The second-order valence-electron chi connectivity index (χ2n) is 5.01. The lowest BCUT2D eigenvalue weighted by atomic mass is 10.3. The zero-order chi connectivity index (χ0) is 11.9. The molecule has 0 saturated heterocycles. The van der Waals surface area contributed by atoms with Crippen LogP contribution in [-0.4, -0.2) is 18.2 Å². The number of halogens is 2. The van der Waals surface area contributed by atoms with Crippen molar-refractivity contribution in [1.82, 2.24) is 5.32 Å². The summed E-state index contributed by atoms with van der Waals surface area (Å²) >= 11 is 0. The molecule has 1 N–H and O–H groups in total. The molecule has 0 amide bonds. The van der Waals surface area contributed by atoms with Gasteiger partial charge >= 0.3 is 0 Å². The van der Waals surface area contributed by atoms with Gasteiger partial charge in [0, 0.05) is 18.7 Å². The van der Waals surface area contributed by atoms with Crippen molar-refractivity contribution in [2.75, 3.05) is 6.54 Å². The van der Waals surface area contributed by atoms with E-state index in [-0.39, 0.29) is 11.4 Å². The predicted molar refractivity (Wildman–Crippen MR) is 60.0 cm³/mol. The normalized spacial score (nSPS) is 21.3. The van der Waals surface area contributed by atoms with Crippen LogP contribution in [0.25, 0.3) is 0 Å². The molecule has 0 atom stereocenters. The van der Waals surface area contributed by atoms with E-state index in [0.717, 1.165) is 25.5 Å². The molecule has 0 heterocycles. The van der Waals surface area contributed by atoms with E-state index < -0.39 is 11.6 Å². The van der Waals surface area contributed by atoms with Gasteiger partial charge in [0.1, 0.15) is 11.4 Å². The van der Waals surface area contributed by atoms with E-state index >= 15 is 0 Å². The van der Waals surface area contributed by atoms with Crippen molar-refractivity contribution in [2.45, 2.75) is 37.3 Å². The lowest BCUT2D eigenvalue weighted by Gasteiger charge is -2.19. The minimum absolute atomic E-state index is 0.154. The van der Waals surface area contributed by atoms with Crippen molar-refractivity contribution in [3.05, 3.63) is 29.8 Å². The molecule has 3 rings (SSSR count). The van der Waals surface area contributed by atoms with Crippen molar-refractivity contribution < 1.29 is 13.5 Å². The van der Waals surface area contributed by atoms with E-state index in [4.69, 9.17) is 4.74 Å². The van der Waals surface area contributed by atoms with Crippen LogP contribution in [-0.2, 0) is 0 Å². The minimum Gasteiger partial charge on any atom is -0.483 e. The molecule has 92 valence electrons. The molecule has 0 radical (unpaired) electrons. The molecular formula is C13H15F2NO. The Hall–Kier alpha value is -1.16. The first-order valence-corrected chi connectivity index (χ1v) is 6.04. The first-order chi connectivity index (χ1) is 8.17. The summed E-state index contributed by atoms with van der Waals surface area (Å²) in [5, 5.41) is 3.39. The SMILES string of the molecule is Fc1ccc(OC2(CNC3CC3)CC2)c(F)c1. The molecule has 2 fully saturated rings. The molecule has 0 bridgehead atoms. The standard InChI is InChI=1S/C13H15F2NO/c14-9-1-4-12(11(15)7-9)17-13(5-6-13)8-16-10-2-3-10/h1,4,7,10,16H,2-3,5-6,8H2. The fraction of sp³-hybridized carbons (Fsp3) is 0.538.